The highest BCUT2D eigenvalue weighted by Gasteiger charge is 2.37. The van der Waals surface area contributed by atoms with Gasteiger partial charge in [0.25, 0.3) is 0 Å². The van der Waals surface area contributed by atoms with Crippen LogP contribution in [0.5, 0.6) is 0 Å². The summed E-state index contributed by atoms with van der Waals surface area (Å²) in [5.74, 6) is 0. The van der Waals surface area contributed by atoms with Gasteiger partial charge in [-0.05, 0) is 36.0 Å². The van der Waals surface area contributed by atoms with Crippen molar-refractivity contribution in [3.8, 4) is 6.07 Å². The largest absolute Gasteiger partial charge is 0.378 e. The van der Waals surface area contributed by atoms with Crippen LogP contribution in [-0.4, -0.2) is 17.8 Å². The number of hydrogen-bond donors (Lipinski definition) is 1. The Kier molecular flexibility index (Phi) is 6.97. The van der Waals surface area contributed by atoms with Gasteiger partial charge in [0.2, 0.25) is 0 Å². The number of aliphatic hydroxyl groups excluding tert-OH is 1. The fourth-order valence-corrected chi connectivity index (χ4v) is 3.50. The number of rotatable bonds is 9. The van der Waals surface area contributed by atoms with E-state index in [9.17, 15) is 5.11 Å². The Balaban J connectivity index is 1.96. The van der Waals surface area contributed by atoms with Crippen LogP contribution in [0.4, 0.5) is 0 Å². The van der Waals surface area contributed by atoms with E-state index in [2.05, 4.69) is 36.4 Å². The lowest BCUT2D eigenvalue weighted by Crippen LogP contribution is -2.33. The normalized spacial score (nSPS) is 12.3. The van der Waals surface area contributed by atoms with Crippen LogP contribution in [0.15, 0.2) is 91.0 Å². The first kappa shape index (κ1) is 19.8. The lowest BCUT2D eigenvalue weighted by atomic mass is 9.80. The number of nitriles is 1. The van der Waals surface area contributed by atoms with Gasteiger partial charge in [0.05, 0.1) is 6.07 Å². The van der Waals surface area contributed by atoms with Gasteiger partial charge >= 0.3 is 0 Å². The Labute approximate surface area is 166 Å². The topological polar surface area (TPSA) is 53.2 Å². The SMILES string of the molecule is N#C[C@H](O)CCCCOC(c1ccccc1)(c1ccccc1)c1ccccc1. The van der Waals surface area contributed by atoms with Crippen LogP contribution in [0.2, 0.25) is 0 Å². The molecule has 1 atom stereocenters. The molecular weight excluding hydrogens is 346 g/mol. The summed E-state index contributed by atoms with van der Waals surface area (Å²) in [4.78, 5) is 0. The van der Waals surface area contributed by atoms with Gasteiger partial charge in [0.15, 0.2) is 0 Å². The van der Waals surface area contributed by atoms with Crippen LogP contribution in [0.3, 0.4) is 0 Å². The van der Waals surface area contributed by atoms with Crippen molar-refractivity contribution in [2.75, 3.05) is 6.61 Å². The van der Waals surface area contributed by atoms with E-state index in [1.165, 1.54) is 0 Å². The lowest BCUT2D eigenvalue weighted by molar-refractivity contribution is 0.00993. The minimum atomic E-state index is -0.901. The Morgan fingerprint density at radius 3 is 1.57 bits per heavy atom. The Bertz CT molecular complexity index is 776. The van der Waals surface area contributed by atoms with Crippen LogP contribution in [-0.2, 0) is 10.3 Å². The highest BCUT2D eigenvalue weighted by atomic mass is 16.5. The lowest BCUT2D eigenvalue weighted by Gasteiger charge is -2.36. The molecule has 3 nitrogen and oxygen atoms in total. The van der Waals surface area contributed by atoms with Gasteiger partial charge in [-0.3, -0.25) is 0 Å². The number of hydrogen-bond acceptors (Lipinski definition) is 3. The third kappa shape index (κ3) is 4.48. The summed E-state index contributed by atoms with van der Waals surface area (Å²) < 4.78 is 6.64. The maximum atomic E-state index is 9.45. The van der Waals surface area contributed by atoms with Crippen molar-refractivity contribution < 1.29 is 9.84 Å². The molecular formula is C25H25NO2. The number of aliphatic hydroxyl groups is 1. The van der Waals surface area contributed by atoms with Crippen molar-refractivity contribution in [3.05, 3.63) is 108 Å². The molecule has 0 amide bonds. The molecule has 142 valence electrons. The summed E-state index contributed by atoms with van der Waals surface area (Å²) in [5, 5.41) is 18.2. The van der Waals surface area contributed by atoms with Gasteiger partial charge in [-0.15, -0.1) is 0 Å². The molecule has 0 aliphatic heterocycles. The second-order valence-electron chi connectivity index (χ2n) is 6.77. The summed E-state index contributed by atoms with van der Waals surface area (Å²) in [6.45, 7) is 0.525. The molecule has 28 heavy (non-hydrogen) atoms. The zero-order chi connectivity index (χ0) is 19.7. The highest BCUT2D eigenvalue weighted by Crippen LogP contribution is 2.40. The second kappa shape index (κ2) is 9.85. The second-order valence-corrected chi connectivity index (χ2v) is 6.77. The average molecular weight is 371 g/mol. The molecule has 0 saturated carbocycles. The number of unbranched alkanes of at least 4 members (excludes halogenated alkanes) is 1. The van der Waals surface area contributed by atoms with Gasteiger partial charge in [0, 0.05) is 6.61 Å². The van der Waals surface area contributed by atoms with Crippen molar-refractivity contribution in [1.29, 1.82) is 5.26 Å². The summed E-state index contributed by atoms with van der Waals surface area (Å²) in [6, 6.07) is 32.6. The molecule has 3 rings (SSSR count). The fraction of sp³-hybridized carbons (Fsp3) is 0.240. The standard InChI is InChI=1S/C25H25NO2/c26-20-24(27)18-10-11-19-28-25(21-12-4-1-5-13-21,22-14-6-2-7-15-22)23-16-8-3-9-17-23/h1-9,12-17,24,27H,10-11,18-19H2/t24-/m1/s1. The van der Waals surface area contributed by atoms with Gasteiger partial charge < -0.3 is 9.84 Å². The van der Waals surface area contributed by atoms with E-state index in [-0.39, 0.29) is 0 Å². The molecule has 0 radical (unpaired) electrons. The van der Waals surface area contributed by atoms with Crippen LogP contribution in [0.1, 0.15) is 36.0 Å². The average Bonchev–Trinajstić information content (AvgIpc) is 2.78. The van der Waals surface area contributed by atoms with E-state index in [1.54, 1.807) is 0 Å². The minimum Gasteiger partial charge on any atom is -0.378 e. The van der Waals surface area contributed by atoms with E-state index >= 15 is 0 Å². The predicted octanol–water partition coefficient (Wildman–Crippen LogP) is 5.05. The third-order valence-corrected chi connectivity index (χ3v) is 4.88. The minimum absolute atomic E-state index is 0.467. The van der Waals surface area contributed by atoms with E-state index in [4.69, 9.17) is 10.00 Å². The zero-order valence-corrected chi connectivity index (χ0v) is 15.9. The van der Waals surface area contributed by atoms with Crippen molar-refractivity contribution in [2.45, 2.75) is 31.0 Å². The predicted molar refractivity (Wildman–Crippen MR) is 111 cm³/mol. The molecule has 0 unspecified atom stereocenters. The summed E-state index contributed by atoms with van der Waals surface area (Å²) >= 11 is 0. The molecule has 3 heteroatoms. The summed E-state index contributed by atoms with van der Waals surface area (Å²) in [7, 11) is 0. The van der Waals surface area contributed by atoms with Gasteiger partial charge in [0.1, 0.15) is 11.7 Å². The monoisotopic (exact) mass is 371 g/mol. The zero-order valence-electron chi connectivity index (χ0n) is 15.9. The number of benzene rings is 3. The van der Waals surface area contributed by atoms with E-state index in [0.29, 0.717) is 13.0 Å². The number of nitrogens with zero attached hydrogens (tertiary/aromatic N) is 1. The molecule has 0 bridgehead atoms. The van der Waals surface area contributed by atoms with Gasteiger partial charge in [-0.2, -0.15) is 5.26 Å². The molecule has 0 fully saturated rings. The maximum absolute atomic E-state index is 9.45. The Morgan fingerprint density at radius 1 is 0.750 bits per heavy atom. The van der Waals surface area contributed by atoms with E-state index < -0.39 is 11.7 Å². The first-order valence-corrected chi connectivity index (χ1v) is 9.65. The molecule has 0 heterocycles. The summed E-state index contributed by atoms with van der Waals surface area (Å²) in [6.07, 6.45) is 1.08. The van der Waals surface area contributed by atoms with Crippen LogP contribution in [0.25, 0.3) is 0 Å². The maximum Gasteiger partial charge on any atom is 0.143 e. The molecule has 0 aliphatic rings. The molecule has 0 spiro atoms. The van der Waals surface area contributed by atoms with Crippen molar-refractivity contribution in [3.63, 3.8) is 0 Å². The molecule has 3 aromatic rings. The summed E-state index contributed by atoms with van der Waals surface area (Å²) in [5.41, 5.74) is 2.51. The molecule has 0 aromatic heterocycles. The van der Waals surface area contributed by atoms with Crippen molar-refractivity contribution in [2.24, 2.45) is 0 Å². The first-order valence-electron chi connectivity index (χ1n) is 9.65. The smallest absolute Gasteiger partial charge is 0.143 e. The number of ether oxygens (including phenoxy) is 1. The molecule has 3 aromatic carbocycles. The van der Waals surface area contributed by atoms with Gasteiger partial charge in [-0.1, -0.05) is 91.0 Å². The molecule has 0 saturated heterocycles. The third-order valence-electron chi connectivity index (χ3n) is 4.88. The van der Waals surface area contributed by atoms with Crippen molar-refractivity contribution in [1.82, 2.24) is 0 Å². The molecule has 0 aliphatic carbocycles. The molecule has 1 N–H and O–H groups in total. The van der Waals surface area contributed by atoms with Crippen LogP contribution >= 0.6 is 0 Å². The quantitative estimate of drug-likeness (QED) is 0.325. The van der Waals surface area contributed by atoms with Crippen LogP contribution in [0, 0.1) is 11.3 Å². The first-order chi connectivity index (χ1) is 13.8. The van der Waals surface area contributed by atoms with Crippen LogP contribution < -0.4 is 0 Å². The van der Waals surface area contributed by atoms with E-state index in [1.807, 2.05) is 60.7 Å². The van der Waals surface area contributed by atoms with E-state index in [0.717, 1.165) is 29.5 Å². The van der Waals surface area contributed by atoms with Crippen molar-refractivity contribution >= 4 is 0 Å². The Morgan fingerprint density at radius 2 is 1.18 bits per heavy atom. The Hall–Kier alpha value is -2.93. The fourth-order valence-electron chi connectivity index (χ4n) is 3.50. The highest BCUT2D eigenvalue weighted by molar-refractivity contribution is 5.47. The van der Waals surface area contributed by atoms with Gasteiger partial charge in [-0.25, -0.2) is 0 Å².